The van der Waals surface area contributed by atoms with E-state index < -0.39 is 0 Å². The lowest BCUT2D eigenvalue weighted by atomic mass is 10.2. The monoisotopic (exact) mass is 206 g/mol. The Morgan fingerprint density at radius 3 is 2.93 bits per heavy atom. The van der Waals surface area contributed by atoms with Crippen molar-refractivity contribution < 1.29 is 9.84 Å². The lowest BCUT2D eigenvalue weighted by Gasteiger charge is -2.06. The van der Waals surface area contributed by atoms with Crippen LogP contribution >= 0.6 is 0 Å². The molecule has 2 N–H and O–H groups in total. The summed E-state index contributed by atoms with van der Waals surface area (Å²) in [4.78, 5) is 0. The summed E-state index contributed by atoms with van der Waals surface area (Å²) in [5, 5.41) is 20.9. The van der Waals surface area contributed by atoms with E-state index in [9.17, 15) is 5.11 Å². The van der Waals surface area contributed by atoms with Crippen LogP contribution in [0.4, 0.5) is 0 Å². The summed E-state index contributed by atoms with van der Waals surface area (Å²) >= 11 is 0. The number of ether oxygens (including phenoxy) is 1. The molecule has 1 rings (SSSR count). The van der Waals surface area contributed by atoms with Crippen LogP contribution in [0.3, 0.4) is 0 Å². The topological polar surface area (TPSA) is 65.3 Å². The van der Waals surface area contributed by atoms with Gasteiger partial charge in [-0.3, -0.25) is 0 Å². The van der Waals surface area contributed by atoms with Gasteiger partial charge < -0.3 is 15.2 Å². The Balaban J connectivity index is 2.49. The van der Waals surface area contributed by atoms with Crippen molar-refractivity contribution in [2.45, 2.75) is 13.0 Å². The fourth-order valence-electron chi connectivity index (χ4n) is 1.22. The van der Waals surface area contributed by atoms with Gasteiger partial charge in [-0.1, -0.05) is 6.07 Å². The highest BCUT2D eigenvalue weighted by Crippen LogP contribution is 2.25. The van der Waals surface area contributed by atoms with Crippen LogP contribution in [0.15, 0.2) is 18.2 Å². The van der Waals surface area contributed by atoms with Gasteiger partial charge in [-0.15, -0.1) is 0 Å². The van der Waals surface area contributed by atoms with Crippen molar-refractivity contribution in [1.29, 1.82) is 5.26 Å². The number of nitriles is 1. The Morgan fingerprint density at radius 1 is 1.53 bits per heavy atom. The zero-order chi connectivity index (χ0) is 11.1. The Morgan fingerprint density at radius 2 is 2.33 bits per heavy atom. The highest BCUT2D eigenvalue weighted by molar-refractivity contribution is 5.41. The lowest BCUT2D eigenvalue weighted by molar-refractivity contribution is 0.373. The Hall–Kier alpha value is -1.73. The predicted octanol–water partition coefficient (Wildman–Crippen LogP) is 1.40. The minimum absolute atomic E-state index is 0.136. The van der Waals surface area contributed by atoms with Crippen LogP contribution in [0, 0.1) is 11.3 Å². The summed E-state index contributed by atoms with van der Waals surface area (Å²) in [7, 11) is 1.51. The van der Waals surface area contributed by atoms with Gasteiger partial charge in [0.15, 0.2) is 11.5 Å². The molecule has 0 unspecified atom stereocenters. The average Bonchev–Trinajstić information content (AvgIpc) is 2.25. The van der Waals surface area contributed by atoms with Crippen molar-refractivity contribution in [2.75, 3.05) is 13.7 Å². The van der Waals surface area contributed by atoms with E-state index in [1.165, 1.54) is 7.11 Å². The molecule has 0 aromatic heterocycles. The molecule has 15 heavy (non-hydrogen) atoms. The molecule has 0 fully saturated rings. The van der Waals surface area contributed by atoms with Crippen LogP contribution in [0.1, 0.15) is 12.0 Å². The van der Waals surface area contributed by atoms with Gasteiger partial charge in [0.1, 0.15) is 0 Å². The molecule has 0 atom stereocenters. The minimum Gasteiger partial charge on any atom is -0.504 e. The maximum Gasteiger partial charge on any atom is 0.160 e. The number of nitrogens with zero attached hydrogens (tertiary/aromatic N) is 1. The molecule has 4 nitrogen and oxygen atoms in total. The maximum atomic E-state index is 9.49. The second kappa shape index (κ2) is 5.89. The van der Waals surface area contributed by atoms with E-state index in [4.69, 9.17) is 10.00 Å². The van der Waals surface area contributed by atoms with Crippen molar-refractivity contribution in [2.24, 2.45) is 0 Å². The molecular weight excluding hydrogens is 192 g/mol. The van der Waals surface area contributed by atoms with E-state index >= 15 is 0 Å². The first-order valence-electron chi connectivity index (χ1n) is 4.71. The number of methoxy groups -OCH3 is 1. The third-order valence-electron chi connectivity index (χ3n) is 1.99. The number of hydrogen-bond donors (Lipinski definition) is 2. The normalized spacial score (nSPS) is 9.60. The van der Waals surface area contributed by atoms with E-state index in [2.05, 4.69) is 11.4 Å². The smallest absolute Gasteiger partial charge is 0.160 e. The van der Waals surface area contributed by atoms with E-state index in [1.54, 1.807) is 12.1 Å². The van der Waals surface area contributed by atoms with Crippen LogP contribution in [0.2, 0.25) is 0 Å². The van der Waals surface area contributed by atoms with Crippen LogP contribution in [-0.4, -0.2) is 18.8 Å². The van der Waals surface area contributed by atoms with Gasteiger partial charge in [0.25, 0.3) is 0 Å². The van der Waals surface area contributed by atoms with Gasteiger partial charge in [-0.2, -0.15) is 5.26 Å². The first kappa shape index (κ1) is 11.3. The molecule has 0 spiro atoms. The summed E-state index contributed by atoms with van der Waals surface area (Å²) in [6.07, 6.45) is 0.488. The molecule has 1 aromatic carbocycles. The maximum absolute atomic E-state index is 9.49. The molecule has 0 bridgehead atoms. The van der Waals surface area contributed by atoms with Crippen molar-refractivity contribution >= 4 is 0 Å². The number of nitrogens with one attached hydrogen (secondary N) is 1. The Kier molecular flexibility index (Phi) is 4.45. The fourth-order valence-corrected chi connectivity index (χ4v) is 1.22. The first-order chi connectivity index (χ1) is 7.27. The van der Waals surface area contributed by atoms with Crippen molar-refractivity contribution in [1.82, 2.24) is 5.32 Å². The van der Waals surface area contributed by atoms with Gasteiger partial charge in [0.2, 0.25) is 0 Å². The summed E-state index contributed by atoms with van der Waals surface area (Å²) in [5.74, 6) is 0.604. The molecule has 0 saturated carbocycles. The van der Waals surface area contributed by atoms with Gasteiger partial charge in [-0.05, 0) is 17.7 Å². The molecule has 0 heterocycles. The number of phenolic OH excluding ortho intramolecular Hbond substituents is 1. The molecule has 0 saturated heterocycles. The van der Waals surface area contributed by atoms with Gasteiger partial charge in [-0.25, -0.2) is 0 Å². The second-order valence-electron chi connectivity index (χ2n) is 3.09. The third kappa shape index (κ3) is 3.49. The largest absolute Gasteiger partial charge is 0.504 e. The molecule has 1 aromatic rings. The summed E-state index contributed by atoms with van der Waals surface area (Å²) < 4.78 is 4.93. The van der Waals surface area contributed by atoms with Gasteiger partial charge in [0.05, 0.1) is 13.2 Å². The fraction of sp³-hybridized carbons (Fsp3) is 0.364. The number of rotatable bonds is 5. The zero-order valence-electron chi connectivity index (χ0n) is 8.66. The van der Waals surface area contributed by atoms with Crippen LogP contribution < -0.4 is 10.1 Å². The van der Waals surface area contributed by atoms with Gasteiger partial charge >= 0.3 is 0 Å². The molecule has 0 radical (unpaired) electrons. The Bertz CT molecular complexity index is 358. The summed E-state index contributed by atoms with van der Waals surface area (Å²) in [6, 6.07) is 7.29. The van der Waals surface area contributed by atoms with Crippen molar-refractivity contribution in [3.05, 3.63) is 23.8 Å². The zero-order valence-corrected chi connectivity index (χ0v) is 8.66. The lowest BCUT2D eigenvalue weighted by Crippen LogP contribution is -2.13. The SMILES string of the molecule is COc1ccc(CNCCC#N)cc1O. The molecule has 0 aliphatic rings. The van der Waals surface area contributed by atoms with E-state index in [0.29, 0.717) is 25.3 Å². The van der Waals surface area contributed by atoms with Gasteiger partial charge in [0, 0.05) is 19.5 Å². The van der Waals surface area contributed by atoms with E-state index in [0.717, 1.165) is 5.56 Å². The van der Waals surface area contributed by atoms with Crippen molar-refractivity contribution in [3.8, 4) is 17.6 Å². The number of phenols is 1. The molecule has 0 aliphatic carbocycles. The number of hydrogen-bond acceptors (Lipinski definition) is 4. The first-order valence-corrected chi connectivity index (χ1v) is 4.71. The number of benzene rings is 1. The van der Waals surface area contributed by atoms with E-state index in [-0.39, 0.29) is 5.75 Å². The molecule has 0 aliphatic heterocycles. The summed E-state index contributed by atoms with van der Waals surface area (Å²) in [5.41, 5.74) is 0.964. The summed E-state index contributed by atoms with van der Waals surface area (Å²) in [6.45, 7) is 1.29. The highest BCUT2D eigenvalue weighted by atomic mass is 16.5. The standard InChI is InChI=1S/C11H14N2O2/c1-15-11-4-3-9(7-10(11)14)8-13-6-2-5-12/h3-4,7,13-14H,2,6,8H2,1H3. The number of aromatic hydroxyl groups is 1. The quantitative estimate of drug-likeness (QED) is 0.715. The third-order valence-corrected chi connectivity index (χ3v) is 1.99. The minimum atomic E-state index is 0.136. The highest BCUT2D eigenvalue weighted by Gasteiger charge is 2.01. The Labute approximate surface area is 89.1 Å². The van der Waals surface area contributed by atoms with Crippen LogP contribution in [-0.2, 0) is 6.54 Å². The van der Waals surface area contributed by atoms with Crippen LogP contribution in [0.5, 0.6) is 11.5 Å². The average molecular weight is 206 g/mol. The molecular formula is C11H14N2O2. The predicted molar refractivity (Wildman–Crippen MR) is 56.6 cm³/mol. The second-order valence-corrected chi connectivity index (χ2v) is 3.09. The molecule has 4 heteroatoms. The van der Waals surface area contributed by atoms with Crippen LogP contribution in [0.25, 0.3) is 0 Å². The van der Waals surface area contributed by atoms with E-state index in [1.807, 2.05) is 6.07 Å². The van der Waals surface area contributed by atoms with Crippen molar-refractivity contribution in [3.63, 3.8) is 0 Å². The molecule has 0 amide bonds. The molecule has 80 valence electrons.